The first-order valence-corrected chi connectivity index (χ1v) is 5.83. The number of nitrogens with one attached hydrogen (secondary N) is 3. The molecule has 0 atom stereocenters. The van der Waals surface area contributed by atoms with Crippen LogP contribution in [0.3, 0.4) is 0 Å². The van der Waals surface area contributed by atoms with E-state index in [1.165, 1.54) is 0 Å². The van der Waals surface area contributed by atoms with Gasteiger partial charge in [-0.25, -0.2) is 4.98 Å². The van der Waals surface area contributed by atoms with Crippen molar-refractivity contribution in [1.82, 2.24) is 20.6 Å². The van der Waals surface area contributed by atoms with E-state index in [1.807, 2.05) is 0 Å². The maximum atomic E-state index is 11.8. The molecule has 0 bridgehead atoms. The summed E-state index contributed by atoms with van der Waals surface area (Å²) in [5, 5.41) is 6.22. The smallest absolute Gasteiger partial charge is 0.223 e. The molecular weight excluding hydrogens is 204 g/mol. The number of rotatable bonds is 4. The minimum atomic E-state index is 0.188. The Hall–Kier alpha value is -1.36. The third-order valence-electron chi connectivity index (χ3n) is 2.93. The molecule has 1 amide bonds. The van der Waals surface area contributed by atoms with Gasteiger partial charge >= 0.3 is 0 Å². The van der Waals surface area contributed by atoms with Crippen LogP contribution in [-0.2, 0) is 11.2 Å². The monoisotopic (exact) mass is 222 g/mol. The van der Waals surface area contributed by atoms with E-state index in [9.17, 15) is 4.79 Å². The van der Waals surface area contributed by atoms with Crippen LogP contribution >= 0.6 is 0 Å². The van der Waals surface area contributed by atoms with Crippen LogP contribution in [0, 0.1) is 5.92 Å². The zero-order valence-electron chi connectivity index (χ0n) is 9.33. The van der Waals surface area contributed by atoms with Crippen molar-refractivity contribution in [3.8, 4) is 0 Å². The molecule has 1 aliphatic heterocycles. The topological polar surface area (TPSA) is 69.8 Å². The molecule has 0 aromatic carbocycles. The van der Waals surface area contributed by atoms with Gasteiger partial charge in [-0.05, 0) is 25.9 Å². The van der Waals surface area contributed by atoms with Crippen molar-refractivity contribution in [3.63, 3.8) is 0 Å². The predicted molar refractivity (Wildman–Crippen MR) is 60.9 cm³/mol. The van der Waals surface area contributed by atoms with Gasteiger partial charge in [0.1, 0.15) is 5.82 Å². The second-order valence-corrected chi connectivity index (χ2v) is 4.10. The number of nitrogens with zero attached hydrogens (tertiary/aromatic N) is 1. The number of carbonyl (C=O) groups excluding carboxylic acids is 1. The van der Waals surface area contributed by atoms with E-state index in [4.69, 9.17) is 0 Å². The second-order valence-electron chi connectivity index (χ2n) is 4.10. The largest absolute Gasteiger partial charge is 0.355 e. The molecule has 3 N–H and O–H groups in total. The van der Waals surface area contributed by atoms with E-state index in [-0.39, 0.29) is 11.8 Å². The highest BCUT2D eigenvalue weighted by molar-refractivity contribution is 5.78. The number of amides is 1. The van der Waals surface area contributed by atoms with Gasteiger partial charge in [0.2, 0.25) is 5.91 Å². The highest BCUT2D eigenvalue weighted by atomic mass is 16.1. The first kappa shape index (κ1) is 11.1. The van der Waals surface area contributed by atoms with Crippen molar-refractivity contribution < 1.29 is 4.79 Å². The third kappa shape index (κ3) is 3.06. The molecule has 1 aromatic rings. The van der Waals surface area contributed by atoms with Crippen LogP contribution in [0.5, 0.6) is 0 Å². The number of hydrogen-bond acceptors (Lipinski definition) is 3. The Kier molecular flexibility index (Phi) is 3.93. The molecule has 2 heterocycles. The van der Waals surface area contributed by atoms with E-state index in [1.54, 1.807) is 12.4 Å². The minimum absolute atomic E-state index is 0.188. The first-order chi connectivity index (χ1) is 7.86. The van der Waals surface area contributed by atoms with Gasteiger partial charge in [-0.15, -0.1) is 0 Å². The number of carbonyl (C=O) groups is 1. The molecule has 0 radical (unpaired) electrons. The molecule has 1 fully saturated rings. The lowest BCUT2D eigenvalue weighted by atomic mass is 9.97. The molecule has 0 aliphatic carbocycles. The maximum absolute atomic E-state index is 11.8. The Balaban J connectivity index is 1.67. The highest BCUT2D eigenvalue weighted by Gasteiger charge is 2.20. The van der Waals surface area contributed by atoms with E-state index < -0.39 is 0 Å². The molecule has 5 heteroatoms. The summed E-state index contributed by atoms with van der Waals surface area (Å²) >= 11 is 0. The zero-order valence-corrected chi connectivity index (χ0v) is 9.33. The van der Waals surface area contributed by atoms with Crippen LogP contribution in [0.2, 0.25) is 0 Å². The van der Waals surface area contributed by atoms with Gasteiger partial charge < -0.3 is 15.6 Å². The molecule has 0 unspecified atom stereocenters. The molecule has 16 heavy (non-hydrogen) atoms. The molecule has 1 aliphatic rings. The van der Waals surface area contributed by atoms with Crippen molar-refractivity contribution in [2.24, 2.45) is 5.92 Å². The molecule has 88 valence electrons. The maximum Gasteiger partial charge on any atom is 0.223 e. The Morgan fingerprint density at radius 3 is 3.00 bits per heavy atom. The molecule has 1 aromatic heterocycles. The van der Waals surface area contributed by atoms with Crippen molar-refractivity contribution >= 4 is 5.91 Å². The van der Waals surface area contributed by atoms with Crippen LogP contribution in [-0.4, -0.2) is 35.5 Å². The molecular formula is C11H18N4O. The average Bonchev–Trinajstić information content (AvgIpc) is 2.83. The lowest BCUT2D eigenvalue weighted by Crippen LogP contribution is -2.38. The summed E-state index contributed by atoms with van der Waals surface area (Å²) in [4.78, 5) is 18.9. The highest BCUT2D eigenvalue weighted by Crippen LogP contribution is 2.11. The van der Waals surface area contributed by atoms with Gasteiger partial charge in [0, 0.05) is 31.3 Å². The fraction of sp³-hybridized carbons (Fsp3) is 0.636. The quantitative estimate of drug-likeness (QED) is 0.675. The number of H-pyrrole nitrogens is 1. The summed E-state index contributed by atoms with van der Waals surface area (Å²) in [5.74, 6) is 1.30. The van der Waals surface area contributed by atoms with Crippen molar-refractivity contribution in [1.29, 1.82) is 0 Å². The standard InChI is InChI=1S/C11H18N4O/c16-11(9-1-4-12-5-2-9)15-6-3-10-13-7-8-14-10/h7-9,12H,1-6H2,(H,13,14)(H,15,16). The predicted octanol–water partition coefficient (Wildman–Crippen LogP) is 0.0680. The molecule has 5 nitrogen and oxygen atoms in total. The Morgan fingerprint density at radius 2 is 2.31 bits per heavy atom. The van der Waals surface area contributed by atoms with Crippen LogP contribution in [0.1, 0.15) is 18.7 Å². The van der Waals surface area contributed by atoms with E-state index >= 15 is 0 Å². The summed E-state index contributed by atoms with van der Waals surface area (Å²) in [7, 11) is 0. The third-order valence-corrected chi connectivity index (χ3v) is 2.93. The summed E-state index contributed by atoms with van der Waals surface area (Å²) in [6, 6.07) is 0. The van der Waals surface area contributed by atoms with Gasteiger partial charge in [-0.2, -0.15) is 0 Å². The minimum Gasteiger partial charge on any atom is -0.355 e. The zero-order chi connectivity index (χ0) is 11.2. The van der Waals surface area contributed by atoms with Crippen LogP contribution < -0.4 is 10.6 Å². The number of aromatic amines is 1. The Bertz CT molecular complexity index is 317. The number of piperidine rings is 1. The van der Waals surface area contributed by atoms with E-state index in [2.05, 4.69) is 20.6 Å². The van der Waals surface area contributed by atoms with Crippen LogP contribution in [0.15, 0.2) is 12.4 Å². The van der Waals surface area contributed by atoms with Crippen molar-refractivity contribution in [2.45, 2.75) is 19.3 Å². The molecule has 2 rings (SSSR count). The first-order valence-electron chi connectivity index (χ1n) is 5.83. The van der Waals surface area contributed by atoms with Crippen molar-refractivity contribution in [2.75, 3.05) is 19.6 Å². The molecule has 0 saturated carbocycles. The average molecular weight is 222 g/mol. The normalized spacial score (nSPS) is 17.2. The molecule has 1 saturated heterocycles. The van der Waals surface area contributed by atoms with Gasteiger partial charge in [-0.3, -0.25) is 4.79 Å². The van der Waals surface area contributed by atoms with Gasteiger partial charge in [0.25, 0.3) is 0 Å². The summed E-state index contributed by atoms with van der Waals surface area (Å²) in [6.07, 6.45) is 6.19. The fourth-order valence-electron chi connectivity index (χ4n) is 1.97. The molecule has 0 spiro atoms. The second kappa shape index (κ2) is 5.65. The van der Waals surface area contributed by atoms with Crippen LogP contribution in [0.4, 0.5) is 0 Å². The van der Waals surface area contributed by atoms with Gasteiger partial charge in [0.05, 0.1) is 0 Å². The number of aromatic nitrogens is 2. The van der Waals surface area contributed by atoms with Gasteiger partial charge in [-0.1, -0.05) is 0 Å². The lowest BCUT2D eigenvalue weighted by molar-refractivity contribution is -0.125. The Morgan fingerprint density at radius 1 is 1.50 bits per heavy atom. The number of imidazole rings is 1. The van der Waals surface area contributed by atoms with E-state index in [0.717, 1.165) is 38.2 Å². The Labute approximate surface area is 95.0 Å². The van der Waals surface area contributed by atoms with Gasteiger partial charge in [0.15, 0.2) is 0 Å². The SMILES string of the molecule is O=C(NCCc1ncc[nH]1)C1CCNCC1. The van der Waals surface area contributed by atoms with Crippen molar-refractivity contribution in [3.05, 3.63) is 18.2 Å². The lowest BCUT2D eigenvalue weighted by Gasteiger charge is -2.21. The fourth-order valence-corrected chi connectivity index (χ4v) is 1.97. The summed E-state index contributed by atoms with van der Waals surface area (Å²) < 4.78 is 0. The van der Waals surface area contributed by atoms with E-state index in [0.29, 0.717) is 6.54 Å². The summed E-state index contributed by atoms with van der Waals surface area (Å²) in [5.41, 5.74) is 0. The van der Waals surface area contributed by atoms with Crippen LogP contribution in [0.25, 0.3) is 0 Å². The summed E-state index contributed by atoms with van der Waals surface area (Å²) in [6.45, 7) is 2.57. The number of hydrogen-bond donors (Lipinski definition) is 3.